The summed E-state index contributed by atoms with van der Waals surface area (Å²) in [5.74, 6) is 0.497. The van der Waals surface area contributed by atoms with Crippen LogP contribution in [0.3, 0.4) is 0 Å². The molecule has 0 aliphatic heterocycles. The molecule has 0 unspecified atom stereocenters. The SMILES string of the molecule is [2H][C@](N)(CS(C)(=O)=O)c1ccc(OC)c(OCC)c1. The molecule has 1 rings (SSSR count). The van der Waals surface area contributed by atoms with Crippen molar-refractivity contribution in [2.45, 2.75) is 12.9 Å². The molecule has 0 aliphatic rings. The van der Waals surface area contributed by atoms with Crippen LogP contribution in [0.25, 0.3) is 0 Å². The normalized spacial score (nSPS) is 15.7. The van der Waals surface area contributed by atoms with Crippen LogP contribution in [0.15, 0.2) is 18.2 Å². The predicted octanol–water partition coefficient (Wildman–Crippen LogP) is 1.14. The van der Waals surface area contributed by atoms with E-state index >= 15 is 0 Å². The summed E-state index contributed by atoms with van der Waals surface area (Å²) in [6.45, 7) is 2.25. The van der Waals surface area contributed by atoms with E-state index in [9.17, 15) is 8.42 Å². The zero-order valence-electron chi connectivity index (χ0n) is 11.8. The minimum atomic E-state index is -3.36. The van der Waals surface area contributed by atoms with Gasteiger partial charge in [-0.3, -0.25) is 0 Å². The van der Waals surface area contributed by atoms with E-state index in [0.29, 0.717) is 23.7 Å². The van der Waals surface area contributed by atoms with Crippen LogP contribution in [0, 0.1) is 0 Å². The van der Waals surface area contributed by atoms with Gasteiger partial charge in [0.15, 0.2) is 11.5 Å². The fourth-order valence-corrected chi connectivity index (χ4v) is 2.24. The van der Waals surface area contributed by atoms with Crippen molar-refractivity contribution in [3.8, 4) is 11.5 Å². The van der Waals surface area contributed by atoms with Gasteiger partial charge in [-0.2, -0.15) is 0 Å². The van der Waals surface area contributed by atoms with Gasteiger partial charge in [-0.05, 0) is 24.6 Å². The molecule has 0 fully saturated rings. The van der Waals surface area contributed by atoms with Crippen molar-refractivity contribution in [3.05, 3.63) is 23.8 Å². The number of hydrogen-bond acceptors (Lipinski definition) is 5. The molecule has 0 aliphatic carbocycles. The number of rotatable bonds is 6. The average molecular weight is 274 g/mol. The molecule has 0 amide bonds. The van der Waals surface area contributed by atoms with Crippen molar-refractivity contribution < 1.29 is 19.3 Å². The Labute approximate surface area is 109 Å². The molecule has 2 N–H and O–H groups in total. The molecule has 18 heavy (non-hydrogen) atoms. The van der Waals surface area contributed by atoms with Gasteiger partial charge in [-0.1, -0.05) is 6.07 Å². The van der Waals surface area contributed by atoms with Gasteiger partial charge in [0.1, 0.15) is 9.84 Å². The summed E-state index contributed by atoms with van der Waals surface area (Å²) >= 11 is 0. The average Bonchev–Trinajstić information content (AvgIpc) is 2.26. The van der Waals surface area contributed by atoms with Crippen molar-refractivity contribution in [3.63, 3.8) is 0 Å². The summed E-state index contributed by atoms with van der Waals surface area (Å²) in [6.07, 6.45) is 1.05. The number of benzene rings is 1. The summed E-state index contributed by atoms with van der Waals surface area (Å²) in [4.78, 5) is 0. The molecular weight excluding hydrogens is 254 g/mol. The molecule has 0 bridgehead atoms. The van der Waals surface area contributed by atoms with Crippen molar-refractivity contribution in [1.82, 2.24) is 0 Å². The van der Waals surface area contributed by atoms with E-state index in [-0.39, 0.29) is 0 Å². The maximum atomic E-state index is 11.3. The second kappa shape index (κ2) is 6.06. The minimum absolute atomic E-state index is 0.363. The Kier molecular flexibility index (Phi) is 4.43. The Bertz CT molecular complexity index is 543. The Morgan fingerprint density at radius 2 is 2.11 bits per heavy atom. The highest BCUT2D eigenvalue weighted by atomic mass is 32.2. The van der Waals surface area contributed by atoms with Gasteiger partial charge in [0.25, 0.3) is 0 Å². The van der Waals surface area contributed by atoms with Gasteiger partial charge >= 0.3 is 0 Å². The van der Waals surface area contributed by atoms with E-state index in [1.54, 1.807) is 18.2 Å². The standard InChI is InChI=1S/C12H19NO4S/c1-4-17-12-7-9(5-6-11(12)16-2)10(13)8-18(3,14)15/h5-7,10H,4,8,13H2,1-3H3/t10-/m0/s1/i10D. The Morgan fingerprint density at radius 1 is 1.44 bits per heavy atom. The van der Waals surface area contributed by atoms with Crippen LogP contribution >= 0.6 is 0 Å². The third-order valence-corrected chi connectivity index (χ3v) is 3.09. The molecule has 0 radical (unpaired) electrons. The fourth-order valence-electron chi connectivity index (χ4n) is 1.51. The van der Waals surface area contributed by atoms with E-state index in [2.05, 4.69) is 0 Å². The quantitative estimate of drug-likeness (QED) is 0.841. The summed E-state index contributed by atoms with van der Waals surface area (Å²) < 4.78 is 41.1. The number of nitrogens with two attached hydrogens (primary N) is 1. The van der Waals surface area contributed by atoms with Gasteiger partial charge in [-0.15, -0.1) is 0 Å². The van der Waals surface area contributed by atoms with Crippen LogP contribution in [-0.2, 0) is 9.84 Å². The highest BCUT2D eigenvalue weighted by molar-refractivity contribution is 7.90. The van der Waals surface area contributed by atoms with E-state index in [4.69, 9.17) is 16.6 Å². The molecular formula is C12H19NO4S. The Balaban J connectivity index is 3.16. The first kappa shape index (κ1) is 13.2. The summed E-state index contributed by atoms with van der Waals surface area (Å²) in [6, 6.07) is 3.00. The molecule has 1 aromatic rings. The van der Waals surface area contributed by atoms with Crippen molar-refractivity contribution >= 4 is 9.84 Å². The van der Waals surface area contributed by atoms with E-state index in [0.717, 1.165) is 6.26 Å². The summed E-state index contributed by atoms with van der Waals surface area (Å²) in [7, 11) is -1.85. The summed E-state index contributed by atoms with van der Waals surface area (Å²) in [5, 5.41) is 0. The number of ether oxygens (including phenoxy) is 2. The van der Waals surface area contributed by atoms with Crippen LogP contribution < -0.4 is 15.2 Å². The minimum Gasteiger partial charge on any atom is -0.493 e. The maximum Gasteiger partial charge on any atom is 0.161 e. The lowest BCUT2D eigenvalue weighted by molar-refractivity contribution is 0.310. The van der Waals surface area contributed by atoms with E-state index in [1.807, 2.05) is 6.92 Å². The lowest BCUT2D eigenvalue weighted by Gasteiger charge is -2.15. The highest BCUT2D eigenvalue weighted by Crippen LogP contribution is 2.30. The van der Waals surface area contributed by atoms with Gasteiger partial charge in [0.2, 0.25) is 0 Å². The summed E-state index contributed by atoms with van der Waals surface area (Å²) in [5.41, 5.74) is 6.14. The van der Waals surface area contributed by atoms with Crippen LogP contribution in [-0.4, -0.2) is 34.1 Å². The zero-order valence-corrected chi connectivity index (χ0v) is 11.6. The van der Waals surface area contributed by atoms with Crippen LogP contribution in [0.5, 0.6) is 11.5 Å². The van der Waals surface area contributed by atoms with Crippen molar-refractivity contribution in [1.29, 1.82) is 0 Å². The molecule has 0 saturated carbocycles. The molecule has 102 valence electrons. The maximum absolute atomic E-state index is 11.3. The van der Waals surface area contributed by atoms with E-state index < -0.39 is 21.6 Å². The zero-order chi connectivity index (χ0) is 14.7. The monoisotopic (exact) mass is 274 g/mol. The molecule has 5 nitrogen and oxygen atoms in total. The van der Waals surface area contributed by atoms with Crippen LogP contribution in [0.4, 0.5) is 0 Å². The molecule has 0 aromatic heterocycles. The van der Waals surface area contributed by atoms with Crippen LogP contribution in [0.1, 0.15) is 19.9 Å². The third kappa shape index (κ3) is 4.19. The number of hydrogen-bond donors (Lipinski definition) is 1. The van der Waals surface area contributed by atoms with Gasteiger partial charge < -0.3 is 15.2 Å². The molecule has 1 aromatic carbocycles. The molecule has 0 saturated heterocycles. The lowest BCUT2D eigenvalue weighted by atomic mass is 10.1. The predicted molar refractivity (Wildman–Crippen MR) is 70.8 cm³/mol. The number of methoxy groups -OCH3 is 1. The smallest absolute Gasteiger partial charge is 0.161 e. The van der Waals surface area contributed by atoms with Crippen LogP contribution in [0.2, 0.25) is 0 Å². The topological polar surface area (TPSA) is 78.6 Å². The second-order valence-corrected chi connectivity index (χ2v) is 6.03. The van der Waals surface area contributed by atoms with Gasteiger partial charge in [0, 0.05) is 12.3 Å². The highest BCUT2D eigenvalue weighted by Gasteiger charge is 2.15. The van der Waals surface area contributed by atoms with E-state index in [1.165, 1.54) is 7.11 Å². The first-order valence-corrected chi connectivity index (χ1v) is 7.53. The third-order valence-electron chi connectivity index (χ3n) is 2.25. The first-order chi connectivity index (χ1) is 8.69. The molecule has 0 spiro atoms. The molecule has 0 heterocycles. The second-order valence-electron chi connectivity index (χ2n) is 3.89. The fraction of sp³-hybridized carbons (Fsp3) is 0.500. The van der Waals surface area contributed by atoms with Gasteiger partial charge in [-0.25, -0.2) is 8.42 Å². The Hall–Kier alpha value is -1.27. The van der Waals surface area contributed by atoms with Crippen molar-refractivity contribution in [2.75, 3.05) is 25.7 Å². The molecule has 1 atom stereocenters. The largest absolute Gasteiger partial charge is 0.493 e. The van der Waals surface area contributed by atoms with Gasteiger partial charge in [0.05, 0.1) is 20.8 Å². The lowest BCUT2D eigenvalue weighted by Crippen LogP contribution is -2.20. The number of sulfone groups is 1. The molecule has 6 heteroatoms. The first-order valence-electron chi connectivity index (χ1n) is 5.97. The van der Waals surface area contributed by atoms with Crippen molar-refractivity contribution in [2.24, 2.45) is 5.73 Å². The Morgan fingerprint density at radius 3 is 2.61 bits per heavy atom.